The predicted octanol–water partition coefficient (Wildman–Crippen LogP) is 3.49. The van der Waals surface area contributed by atoms with Gasteiger partial charge in [0.05, 0.1) is 0 Å². The molecule has 1 saturated carbocycles. The lowest BCUT2D eigenvalue weighted by molar-refractivity contribution is 0.123. The van der Waals surface area contributed by atoms with Gasteiger partial charge in [-0.3, -0.25) is 9.89 Å². The van der Waals surface area contributed by atoms with E-state index in [1.807, 2.05) is 0 Å². The molecule has 1 fully saturated rings. The summed E-state index contributed by atoms with van der Waals surface area (Å²) in [6.07, 6.45) is 4.85. The van der Waals surface area contributed by atoms with E-state index in [-0.39, 0.29) is 24.0 Å². The molecule has 2 N–H and O–H groups in total. The average Bonchev–Trinajstić information content (AvgIpc) is 3.33. The molecule has 5 nitrogen and oxygen atoms in total. The predicted molar refractivity (Wildman–Crippen MR) is 119 cm³/mol. The van der Waals surface area contributed by atoms with Gasteiger partial charge in [-0.15, -0.1) is 24.0 Å². The summed E-state index contributed by atoms with van der Waals surface area (Å²) in [6.45, 7) is 16.8. The summed E-state index contributed by atoms with van der Waals surface area (Å²) < 4.78 is 5.65. The molecule has 0 saturated heterocycles. The van der Waals surface area contributed by atoms with E-state index < -0.39 is 0 Å². The quantitative estimate of drug-likeness (QED) is 0.188. The monoisotopic (exact) mass is 468 g/mol. The van der Waals surface area contributed by atoms with Crippen LogP contribution in [-0.2, 0) is 4.74 Å². The first kappa shape index (κ1) is 24.9. The van der Waals surface area contributed by atoms with Crippen LogP contribution in [0.15, 0.2) is 4.99 Å². The number of aliphatic imine (C=N–C) groups is 1. The lowest BCUT2D eigenvalue weighted by Gasteiger charge is -2.30. The number of guanidine groups is 1. The molecule has 0 radical (unpaired) electrons. The van der Waals surface area contributed by atoms with Crippen molar-refractivity contribution in [2.75, 3.05) is 39.4 Å². The minimum absolute atomic E-state index is 0. The molecular formula is C19H41IN4O. The minimum Gasteiger partial charge on any atom is -0.381 e. The lowest BCUT2D eigenvalue weighted by Crippen LogP contribution is -2.41. The van der Waals surface area contributed by atoms with E-state index in [2.05, 4.69) is 55.1 Å². The highest BCUT2D eigenvalue weighted by Crippen LogP contribution is 2.28. The van der Waals surface area contributed by atoms with Gasteiger partial charge in [-0.25, -0.2) is 0 Å². The Bertz CT molecular complexity index is 338. The summed E-state index contributed by atoms with van der Waals surface area (Å²) in [5, 5.41) is 6.76. The van der Waals surface area contributed by atoms with Crippen LogP contribution in [0.1, 0.15) is 60.3 Å². The Balaban J connectivity index is 0.00000576. The Hall–Kier alpha value is -0.0800. The van der Waals surface area contributed by atoms with Gasteiger partial charge in [0.15, 0.2) is 5.96 Å². The van der Waals surface area contributed by atoms with Crippen molar-refractivity contribution in [1.82, 2.24) is 15.5 Å². The van der Waals surface area contributed by atoms with Crippen LogP contribution in [0.3, 0.4) is 0 Å². The first-order chi connectivity index (χ1) is 11.5. The summed E-state index contributed by atoms with van der Waals surface area (Å²) in [6, 6.07) is 1.20. The second-order valence-corrected chi connectivity index (χ2v) is 7.34. The maximum absolute atomic E-state index is 5.65. The first-order valence-corrected chi connectivity index (χ1v) is 9.90. The van der Waals surface area contributed by atoms with Crippen molar-refractivity contribution in [3.63, 3.8) is 0 Å². The molecule has 0 bridgehead atoms. The van der Waals surface area contributed by atoms with Crippen molar-refractivity contribution in [2.45, 2.75) is 72.4 Å². The average molecular weight is 468 g/mol. The van der Waals surface area contributed by atoms with Gasteiger partial charge in [-0.1, -0.05) is 0 Å². The third-order valence-corrected chi connectivity index (χ3v) is 4.32. The van der Waals surface area contributed by atoms with Crippen LogP contribution in [0.4, 0.5) is 0 Å². The molecule has 1 rings (SSSR count). The number of rotatable bonds is 13. The van der Waals surface area contributed by atoms with Crippen LogP contribution in [0.5, 0.6) is 0 Å². The Morgan fingerprint density at radius 1 is 1.12 bits per heavy atom. The minimum atomic E-state index is 0. The molecule has 0 aliphatic heterocycles. The molecule has 0 amide bonds. The highest BCUT2D eigenvalue weighted by atomic mass is 127. The van der Waals surface area contributed by atoms with Crippen molar-refractivity contribution in [3.05, 3.63) is 0 Å². The first-order valence-electron chi connectivity index (χ1n) is 9.90. The topological polar surface area (TPSA) is 48.9 Å². The van der Waals surface area contributed by atoms with Crippen LogP contribution >= 0.6 is 24.0 Å². The Kier molecular flexibility index (Phi) is 15.0. The lowest BCUT2D eigenvalue weighted by atomic mass is 10.2. The van der Waals surface area contributed by atoms with Gasteiger partial charge in [-0.2, -0.15) is 0 Å². The van der Waals surface area contributed by atoms with Gasteiger partial charge in [-0.05, 0) is 66.2 Å². The molecule has 0 heterocycles. The Labute approximate surface area is 172 Å². The van der Waals surface area contributed by atoms with E-state index in [1.54, 1.807) is 0 Å². The molecule has 25 heavy (non-hydrogen) atoms. The maximum Gasteiger partial charge on any atom is 0.191 e. The normalized spacial score (nSPS) is 15.0. The fourth-order valence-electron chi connectivity index (χ4n) is 2.81. The molecule has 0 spiro atoms. The van der Waals surface area contributed by atoms with Gasteiger partial charge >= 0.3 is 0 Å². The summed E-state index contributed by atoms with van der Waals surface area (Å²) in [5.74, 6) is 1.78. The van der Waals surface area contributed by atoms with Crippen LogP contribution in [0, 0.1) is 5.92 Å². The number of nitrogens with zero attached hydrogens (tertiary/aromatic N) is 2. The third-order valence-electron chi connectivity index (χ3n) is 4.32. The molecule has 1 aliphatic carbocycles. The zero-order chi connectivity index (χ0) is 17.8. The number of ether oxygens (including phenoxy) is 1. The van der Waals surface area contributed by atoms with Crippen molar-refractivity contribution < 1.29 is 4.74 Å². The van der Waals surface area contributed by atoms with Gasteiger partial charge in [0.1, 0.15) is 0 Å². The zero-order valence-electron chi connectivity index (χ0n) is 17.0. The molecule has 6 heteroatoms. The second kappa shape index (κ2) is 15.0. The van der Waals surface area contributed by atoms with Crippen LogP contribution in [0.2, 0.25) is 0 Å². The fraction of sp³-hybridized carbons (Fsp3) is 0.947. The van der Waals surface area contributed by atoms with Gasteiger partial charge in [0.2, 0.25) is 0 Å². The SMILES string of the molecule is CCNC(=NCCCOCC1CC1)NCCCN(C(C)C)C(C)C.I. The smallest absolute Gasteiger partial charge is 0.191 e. The summed E-state index contributed by atoms with van der Waals surface area (Å²) in [7, 11) is 0. The van der Waals surface area contributed by atoms with E-state index in [0.29, 0.717) is 12.1 Å². The molecule has 0 aromatic carbocycles. The summed E-state index contributed by atoms with van der Waals surface area (Å²) in [5.41, 5.74) is 0. The fourth-order valence-corrected chi connectivity index (χ4v) is 2.81. The van der Waals surface area contributed by atoms with Crippen LogP contribution < -0.4 is 10.6 Å². The van der Waals surface area contributed by atoms with E-state index in [4.69, 9.17) is 4.74 Å². The highest BCUT2D eigenvalue weighted by molar-refractivity contribution is 14.0. The molecule has 0 aromatic rings. The maximum atomic E-state index is 5.65. The largest absolute Gasteiger partial charge is 0.381 e. The molecule has 0 atom stereocenters. The van der Waals surface area contributed by atoms with E-state index >= 15 is 0 Å². The number of halogens is 1. The van der Waals surface area contributed by atoms with Gasteiger partial charge in [0, 0.05) is 51.5 Å². The second-order valence-electron chi connectivity index (χ2n) is 7.34. The Morgan fingerprint density at radius 3 is 2.36 bits per heavy atom. The molecule has 0 unspecified atom stereocenters. The van der Waals surface area contributed by atoms with E-state index in [0.717, 1.165) is 64.1 Å². The summed E-state index contributed by atoms with van der Waals surface area (Å²) >= 11 is 0. The van der Waals surface area contributed by atoms with Crippen LogP contribution in [0.25, 0.3) is 0 Å². The van der Waals surface area contributed by atoms with Crippen molar-refractivity contribution in [1.29, 1.82) is 0 Å². The standard InChI is InChI=1S/C19H40N4O.HI/c1-6-20-19(22-12-8-14-24-15-18-9-10-18)21-11-7-13-23(16(2)3)17(4)5;/h16-18H,6-15H2,1-5H3,(H2,20,21,22);1H. The Morgan fingerprint density at radius 2 is 1.80 bits per heavy atom. The molecule has 1 aliphatic rings. The zero-order valence-corrected chi connectivity index (χ0v) is 19.3. The van der Waals surface area contributed by atoms with E-state index in [1.165, 1.54) is 12.8 Å². The van der Waals surface area contributed by atoms with Crippen LogP contribution in [-0.4, -0.2) is 62.3 Å². The summed E-state index contributed by atoms with van der Waals surface area (Å²) in [4.78, 5) is 7.16. The van der Waals surface area contributed by atoms with Gasteiger partial charge in [0.25, 0.3) is 0 Å². The molecular weight excluding hydrogens is 427 g/mol. The number of hydrogen-bond donors (Lipinski definition) is 2. The van der Waals surface area contributed by atoms with Crippen molar-refractivity contribution in [3.8, 4) is 0 Å². The molecule has 150 valence electrons. The van der Waals surface area contributed by atoms with Gasteiger partial charge < -0.3 is 15.4 Å². The van der Waals surface area contributed by atoms with Crippen molar-refractivity contribution in [2.24, 2.45) is 10.9 Å². The number of nitrogens with one attached hydrogen (secondary N) is 2. The highest BCUT2D eigenvalue weighted by Gasteiger charge is 2.20. The van der Waals surface area contributed by atoms with E-state index in [9.17, 15) is 0 Å². The number of hydrogen-bond acceptors (Lipinski definition) is 3. The third kappa shape index (κ3) is 12.8. The van der Waals surface area contributed by atoms with Crippen molar-refractivity contribution >= 4 is 29.9 Å². The molecule has 0 aromatic heterocycles.